The molecule has 88 valence electrons. The van der Waals surface area contributed by atoms with E-state index in [1.54, 1.807) is 6.07 Å². The van der Waals surface area contributed by atoms with Crippen LogP contribution in [0.3, 0.4) is 0 Å². The number of rotatable bonds is 2. The predicted molar refractivity (Wildman–Crippen MR) is 59.8 cm³/mol. The second kappa shape index (κ2) is 4.50. The topological polar surface area (TPSA) is 26.0 Å². The molecule has 3 atom stereocenters. The van der Waals surface area contributed by atoms with E-state index in [9.17, 15) is 8.78 Å². The summed E-state index contributed by atoms with van der Waals surface area (Å²) < 4.78 is 26.7. The molecule has 0 aromatic heterocycles. The molecule has 0 amide bonds. The average Bonchev–Trinajstić information content (AvgIpc) is 2.68. The Morgan fingerprint density at radius 2 is 2.06 bits per heavy atom. The summed E-state index contributed by atoms with van der Waals surface area (Å²) in [5.74, 6) is -0.818. The zero-order valence-corrected chi connectivity index (χ0v) is 9.42. The van der Waals surface area contributed by atoms with E-state index in [0.29, 0.717) is 11.5 Å². The fraction of sp³-hybridized carbons (Fsp3) is 0.538. The van der Waals surface area contributed by atoms with Crippen LogP contribution in [0.25, 0.3) is 0 Å². The van der Waals surface area contributed by atoms with Crippen LogP contribution < -0.4 is 5.73 Å². The lowest BCUT2D eigenvalue weighted by molar-refractivity contribution is 0.340. The van der Waals surface area contributed by atoms with Crippen molar-refractivity contribution in [1.29, 1.82) is 0 Å². The summed E-state index contributed by atoms with van der Waals surface area (Å²) in [6.45, 7) is 2.13. The highest BCUT2D eigenvalue weighted by atomic mass is 19.2. The molecule has 1 aromatic rings. The summed E-state index contributed by atoms with van der Waals surface area (Å²) >= 11 is 0. The largest absolute Gasteiger partial charge is 0.324 e. The lowest BCUT2D eigenvalue weighted by atomic mass is 9.86. The van der Waals surface area contributed by atoms with Gasteiger partial charge in [-0.1, -0.05) is 31.9 Å². The Labute approximate surface area is 94.7 Å². The Bertz CT molecular complexity index is 378. The third kappa shape index (κ3) is 1.96. The summed E-state index contributed by atoms with van der Waals surface area (Å²) in [7, 11) is 0. The maximum atomic E-state index is 13.6. The summed E-state index contributed by atoms with van der Waals surface area (Å²) in [6, 6.07) is 3.86. The number of nitrogens with two attached hydrogens (primary N) is 1. The van der Waals surface area contributed by atoms with Crippen molar-refractivity contribution < 1.29 is 8.78 Å². The molecule has 2 N–H and O–H groups in total. The minimum Gasteiger partial charge on any atom is -0.324 e. The molecule has 0 aliphatic heterocycles. The molecule has 3 heteroatoms. The van der Waals surface area contributed by atoms with Crippen molar-refractivity contribution in [3.63, 3.8) is 0 Å². The molecule has 0 spiro atoms. The van der Waals surface area contributed by atoms with Gasteiger partial charge in [0.15, 0.2) is 11.6 Å². The Balaban J connectivity index is 2.26. The van der Waals surface area contributed by atoms with Crippen LogP contribution in [-0.2, 0) is 0 Å². The van der Waals surface area contributed by atoms with E-state index in [0.717, 1.165) is 25.3 Å². The summed E-state index contributed by atoms with van der Waals surface area (Å²) in [6.07, 6.45) is 3.28. The highest BCUT2D eigenvalue weighted by Gasteiger charge is 2.31. The number of hydrogen-bond acceptors (Lipinski definition) is 1. The minimum absolute atomic E-state index is 0.274. The fourth-order valence-corrected chi connectivity index (χ4v) is 2.72. The third-order valence-electron chi connectivity index (χ3n) is 3.73. The van der Waals surface area contributed by atoms with Gasteiger partial charge in [0, 0.05) is 11.6 Å². The van der Waals surface area contributed by atoms with Gasteiger partial charge in [0.2, 0.25) is 0 Å². The Morgan fingerprint density at radius 1 is 1.31 bits per heavy atom. The number of hydrogen-bond donors (Lipinski definition) is 1. The average molecular weight is 225 g/mol. The van der Waals surface area contributed by atoms with E-state index < -0.39 is 11.6 Å². The van der Waals surface area contributed by atoms with Crippen LogP contribution in [-0.4, -0.2) is 0 Å². The standard InChI is InChI=1S/C13H17F2N/c1-8-4-2-5-9(8)13(16)10-6-3-7-11(14)12(10)15/h3,6-9,13H,2,4-5,16H2,1H3. The highest BCUT2D eigenvalue weighted by Crippen LogP contribution is 2.39. The fourth-order valence-electron chi connectivity index (χ4n) is 2.72. The minimum atomic E-state index is -0.807. The Kier molecular flexibility index (Phi) is 3.24. The van der Waals surface area contributed by atoms with Crippen LogP contribution in [0, 0.1) is 23.5 Å². The molecule has 1 nitrogen and oxygen atoms in total. The van der Waals surface area contributed by atoms with Gasteiger partial charge in [-0.05, 0) is 24.3 Å². The van der Waals surface area contributed by atoms with Crippen molar-refractivity contribution in [3.05, 3.63) is 35.4 Å². The molecule has 1 aliphatic carbocycles. The molecule has 0 radical (unpaired) electrons. The summed E-state index contributed by atoms with van der Waals surface area (Å²) in [4.78, 5) is 0. The third-order valence-corrected chi connectivity index (χ3v) is 3.73. The van der Waals surface area contributed by atoms with Crippen LogP contribution >= 0.6 is 0 Å². The Morgan fingerprint density at radius 3 is 2.69 bits per heavy atom. The molecule has 16 heavy (non-hydrogen) atoms. The quantitative estimate of drug-likeness (QED) is 0.820. The molecule has 2 rings (SSSR count). The van der Waals surface area contributed by atoms with E-state index in [1.165, 1.54) is 6.07 Å². The van der Waals surface area contributed by atoms with Gasteiger partial charge in [-0.2, -0.15) is 0 Å². The monoisotopic (exact) mass is 225 g/mol. The smallest absolute Gasteiger partial charge is 0.163 e. The second-order valence-corrected chi connectivity index (χ2v) is 4.74. The van der Waals surface area contributed by atoms with Crippen LogP contribution in [0.15, 0.2) is 18.2 Å². The van der Waals surface area contributed by atoms with Crippen molar-refractivity contribution in [2.45, 2.75) is 32.2 Å². The first-order valence-corrected chi connectivity index (χ1v) is 5.80. The van der Waals surface area contributed by atoms with E-state index in [-0.39, 0.29) is 12.0 Å². The van der Waals surface area contributed by atoms with Gasteiger partial charge < -0.3 is 5.73 Å². The molecule has 3 unspecified atom stereocenters. The van der Waals surface area contributed by atoms with Gasteiger partial charge in [-0.3, -0.25) is 0 Å². The lowest BCUT2D eigenvalue weighted by Crippen LogP contribution is -2.24. The second-order valence-electron chi connectivity index (χ2n) is 4.74. The van der Waals surface area contributed by atoms with Crippen LogP contribution in [0.5, 0.6) is 0 Å². The maximum Gasteiger partial charge on any atom is 0.163 e. The van der Waals surface area contributed by atoms with Gasteiger partial charge >= 0.3 is 0 Å². The molecule has 1 saturated carbocycles. The molecular formula is C13H17F2N. The first-order valence-electron chi connectivity index (χ1n) is 5.80. The highest BCUT2D eigenvalue weighted by molar-refractivity contribution is 5.23. The van der Waals surface area contributed by atoms with Gasteiger partial charge in [0.05, 0.1) is 0 Å². The zero-order valence-electron chi connectivity index (χ0n) is 9.42. The van der Waals surface area contributed by atoms with Crippen molar-refractivity contribution in [3.8, 4) is 0 Å². The van der Waals surface area contributed by atoms with Gasteiger partial charge in [0.25, 0.3) is 0 Å². The van der Waals surface area contributed by atoms with Crippen molar-refractivity contribution in [2.75, 3.05) is 0 Å². The van der Waals surface area contributed by atoms with E-state index in [1.807, 2.05) is 0 Å². The normalized spacial score (nSPS) is 27.0. The zero-order chi connectivity index (χ0) is 11.7. The lowest BCUT2D eigenvalue weighted by Gasteiger charge is -2.24. The molecule has 0 bridgehead atoms. The van der Waals surface area contributed by atoms with Gasteiger partial charge in [-0.15, -0.1) is 0 Å². The molecule has 0 saturated heterocycles. The van der Waals surface area contributed by atoms with Crippen molar-refractivity contribution in [2.24, 2.45) is 17.6 Å². The first kappa shape index (κ1) is 11.5. The molecule has 1 aliphatic rings. The van der Waals surface area contributed by atoms with Gasteiger partial charge in [-0.25, -0.2) is 8.78 Å². The predicted octanol–water partition coefficient (Wildman–Crippen LogP) is 3.40. The number of benzene rings is 1. The Hall–Kier alpha value is -0.960. The van der Waals surface area contributed by atoms with E-state index >= 15 is 0 Å². The van der Waals surface area contributed by atoms with Crippen LogP contribution in [0.1, 0.15) is 37.8 Å². The first-order chi connectivity index (χ1) is 7.61. The van der Waals surface area contributed by atoms with Crippen LogP contribution in [0.2, 0.25) is 0 Å². The molecule has 1 aromatic carbocycles. The molecule has 1 fully saturated rings. The van der Waals surface area contributed by atoms with Crippen LogP contribution in [0.4, 0.5) is 8.78 Å². The summed E-state index contributed by atoms with van der Waals surface area (Å²) in [5.41, 5.74) is 6.37. The van der Waals surface area contributed by atoms with E-state index in [2.05, 4.69) is 6.92 Å². The summed E-state index contributed by atoms with van der Waals surface area (Å²) in [5, 5.41) is 0. The number of halogens is 2. The van der Waals surface area contributed by atoms with Gasteiger partial charge in [0.1, 0.15) is 0 Å². The molecular weight excluding hydrogens is 208 g/mol. The SMILES string of the molecule is CC1CCCC1C(N)c1cccc(F)c1F. The van der Waals surface area contributed by atoms with Crippen molar-refractivity contribution in [1.82, 2.24) is 0 Å². The van der Waals surface area contributed by atoms with E-state index in [4.69, 9.17) is 5.73 Å². The van der Waals surface area contributed by atoms with Crippen molar-refractivity contribution >= 4 is 0 Å². The molecule has 0 heterocycles. The maximum absolute atomic E-state index is 13.6.